The number of hydrogen-bond acceptors (Lipinski definition) is 2. The molecule has 0 amide bonds. The van der Waals surface area contributed by atoms with Crippen LogP contribution in [0.15, 0.2) is 24.3 Å². The molecule has 0 saturated carbocycles. The van der Waals surface area contributed by atoms with Crippen LogP contribution in [0.5, 0.6) is 0 Å². The molecule has 0 radical (unpaired) electrons. The number of nitrogens with zero attached hydrogens (tertiary/aromatic N) is 1. The summed E-state index contributed by atoms with van der Waals surface area (Å²) in [5.41, 5.74) is 7.23. The van der Waals surface area contributed by atoms with Gasteiger partial charge in [-0.15, -0.1) is 0 Å². The van der Waals surface area contributed by atoms with E-state index in [1.165, 1.54) is 31.4 Å². The molecule has 1 atom stereocenters. The Balaban J connectivity index is 2.55. The summed E-state index contributed by atoms with van der Waals surface area (Å²) in [4.78, 5) is 2.41. The standard InChI is InChI=1S/C16H27FN2/c1-4-5-6-11-19(13(2)3)12-16(18)14-7-9-15(17)10-8-14/h7-10,13,16H,4-6,11-12,18H2,1-3H3. The summed E-state index contributed by atoms with van der Waals surface area (Å²) in [5, 5.41) is 0. The largest absolute Gasteiger partial charge is 0.323 e. The first-order chi connectivity index (χ1) is 9.04. The van der Waals surface area contributed by atoms with Crippen molar-refractivity contribution >= 4 is 0 Å². The van der Waals surface area contributed by atoms with E-state index in [2.05, 4.69) is 25.7 Å². The zero-order valence-corrected chi connectivity index (χ0v) is 12.4. The fourth-order valence-electron chi connectivity index (χ4n) is 2.19. The first-order valence-corrected chi connectivity index (χ1v) is 7.29. The van der Waals surface area contributed by atoms with Gasteiger partial charge in [-0.05, 0) is 44.5 Å². The van der Waals surface area contributed by atoms with Crippen LogP contribution >= 0.6 is 0 Å². The number of nitrogens with two attached hydrogens (primary N) is 1. The quantitative estimate of drug-likeness (QED) is 0.726. The highest BCUT2D eigenvalue weighted by atomic mass is 19.1. The van der Waals surface area contributed by atoms with E-state index in [-0.39, 0.29) is 11.9 Å². The smallest absolute Gasteiger partial charge is 0.123 e. The van der Waals surface area contributed by atoms with Gasteiger partial charge < -0.3 is 5.73 Å². The number of hydrogen-bond donors (Lipinski definition) is 1. The lowest BCUT2D eigenvalue weighted by Gasteiger charge is -2.29. The lowest BCUT2D eigenvalue weighted by atomic mass is 10.1. The van der Waals surface area contributed by atoms with Crippen LogP contribution in [0.1, 0.15) is 51.6 Å². The topological polar surface area (TPSA) is 29.3 Å². The Morgan fingerprint density at radius 1 is 1.16 bits per heavy atom. The minimum Gasteiger partial charge on any atom is -0.323 e. The number of halogens is 1. The molecule has 1 rings (SSSR count). The van der Waals surface area contributed by atoms with Gasteiger partial charge in [0.2, 0.25) is 0 Å². The highest BCUT2D eigenvalue weighted by Gasteiger charge is 2.14. The molecule has 108 valence electrons. The van der Waals surface area contributed by atoms with Crippen LogP contribution in [0.25, 0.3) is 0 Å². The number of rotatable bonds is 8. The number of unbranched alkanes of at least 4 members (excludes halogenated alkanes) is 2. The summed E-state index contributed by atoms with van der Waals surface area (Å²) < 4.78 is 12.9. The molecule has 0 fully saturated rings. The fourth-order valence-corrected chi connectivity index (χ4v) is 2.19. The fraction of sp³-hybridized carbons (Fsp3) is 0.625. The first kappa shape index (κ1) is 16.1. The zero-order chi connectivity index (χ0) is 14.3. The molecular weight excluding hydrogens is 239 g/mol. The molecule has 0 spiro atoms. The Morgan fingerprint density at radius 3 is 2.32 bits per heavy atom. The summed E-state index contributed by atoms with van der Waals surface area (Å²) in [6.07, 6.45) is 3.70. The molecule has 19 heavy (non-hydrogen) atoms. The third kappa shape index (κ3) is 5.70. The molecule has 1 unspecified atom stereocenters. The van der Waals surface area contributed by atoms with Crippen molar-refractivity contribution in [3.63, 3.8) is 0 Å². The molecule has 0 saturated heterocycles. The van der Waals surface area contributed by atoms with Crippen molar-refractivity contribution in [3.8, 4) is 0 Å². The normalized spacial score (nSPS) is 13.2. The van der Waals surface area contributed by atoms with Gasteiger partial charge in [0, 0.05) is 18.6 Å². The van der Waals surface area contributed by atoms with E-state index in [0.717, 1.165) is 18.7 Å². The van der Waals surface area contributed by atoms with E-state index in [1.807, 2.05) is 0 Å². The van der Waals surface area contributed by atoms with Gasteiger partial charge in [-0.1, -0.05) is 31.9 Å². The van der Waals surface area contributed by atoms with E-state index < -0.39 is 0 Å². The van der Waals surface area contributed by atoms with Crippen LogP contribution in [0.4, 0.5) is 4.39 Å². The predicted octanol–water partition coefficient (Wildman–Crippen LogP) is 3.73. The van der Waals surface area contributed by atoms with Crippen LogP contribution in [-0.2, 0) is 0 Å². The van der Waals surface area contributed by atoms with Crippen molar-refractivity contribution in [1.82, 2.24) is 4.90 Å². The molecule has 0 aliphatic rings. The van der Waals surface area contributed by atoms with Gasteiger partial charge >= 0.3 is 0 Å². The Bertz CT molecular complexity index is 348. The lowest BCUT2D eigenvalue weighted by molar-refractivity contribution is 0.204. The molecule has 0 heterocycles. The van der Waals surface area contributed by atoms with Crippen LogP contribution in [-0.4, -0.2) is 24.0 Å². The zero-order valence-electron chi connectivity index (χ0n) is 12.4. The second kappa shape index (κ2) is 8.28. The summed E-state index contributed by atoms with van der Waals surface area (Å²) >= 11 is 0. The third-order valence-electron chi connectivity index (χ3n) is 3.51. The van der Waals surface area contributed by atoms with E-state index in [9.17, 15) is 4.39 Å². The maximum atomic E-state index is 12.9. The molecule has 0 aromatic heterocycles. The van der Waals surface area contributed by atoms with Crippen molar-refractivity contribution in [2.45, 2.75) is 52.1 Å². The molecular formula is C16H27FN2. The summed E-state index contributed by atoms with van der Waals surface area (Å²) in [7, 11) is 0. The van der Waals surface area contributed by atoms with Gasteiger partial charge in [-0.25, -0.2) is 4.39 Å². The monoisotopic (exact) mass is 266 g/mol. The van der Waals surface area contributed by atoms with Gasteiger partial charge in [-0.2, -0.15) is 0 Å². The van der Waals surface area contributed by atoms with Gasteiger partial charge in [0.15, 0.2) is 0 Å². The maximum absolute atomic E-state index is 12.9. The van der Waals surface area contributed by atoms with Crippen molar-refractivity contribution in [1.29, 1.82) is 0 Å². The molecule has 0 bridgehead atoms. The average molecular weight is 266 g/mol. The van der Waals surface area contributed by atoms with Gasteiger partial charge in [0.25, 0.3) is 0 Å². The minimum absolute atomic E-state index is 0.0513. The Labute approximate surface area is 116 Å². The SMILES string of the molecule is CCCCCN(CC(N)c1ccc(F)cc1)C(C)C. The van der Waals surface area contributed by atoms with Crippen molar-refractivity contribution in [2.75, 3.05) is 13.1 Å². The second-order valence-electron chi connectivity index (χ2n) is 5.45. The minimum atomic E-state index is -0.209. The van der Waals surface area contributed by atoms with Crippen LogP contribution < -0.4 is 5.73 Å². The maximum Gasteiger partial charge on any atom is 0.123 e. The van der Waals surface area contributed by atoms with Crippen molar-refractivity contribution in [2.24, 2.45) is 5.73 Å². The average Bonchev–Trinajstić information content (AvgIpc) is 2.38. The molecule has 1 aromatic carbocycles. The molecule has 0 aliphatic carbocycles. The van der Waals surface area contributed by atoms with E-state index in [0.29, 0.717) is 6.04 Å². The highest BCUT2D eigenvalue weighted by molar-refractivity contribution is 5.19. The molecule has 2 N–H and O–H groups in total. The van der Waals surface area contributed by atoms with Gasteiger partial charge in [0.05, 0.1) is 0 Å². The van der Waals surface area contributed by atoms with E-state index in [4.69, 9.17) is 5.73 Å². The molecule has 1 aromatic rings. The van der Waals surface area contributed by atoms with Gasteiger partial charge in [0.1, 0.15) is 5.82 Å². The Morgan fingerprint density at radius 2 is 1.79 bits per heavy atom. The summed E-state index contributed by atoms with van der Waals surface area (Å²) in [6, 6.07) is 6.96. The number of benzene rings is 1. The molecule has 0 aliphatic heterocycles. The third-order valence-corrected chi connectivity index (χ3v) is 3.51. The predicted molar refractivity (Wildman–Crippen MR) is 79.6 cm³/mol. The van der Waals surface area contributed by atoms with E-state index >= 15 is 0 Å². The molecule has 3 heteroatoms. The van der Waals surface area contributed by atoms with Gasteiger partial charge in [-0.3, -0.25) is 4.90 Å². The van der Waals surface area contributed by atoms with Crippen molar-refractivity contribution < 1.29 is 4.39 Å². The van der Waals surface area contributed by atoms with Crippen LogP contribution in [0.3, 0.4) is 0 Å². The van der Waals surface area contributed by atoms with E-state index in [1.54, 1.807) is 12.1 Å². The lowest BCUT2D eigenvalue weighted by Crippen LogP contribution is -2.37. The first-order valence-electron chi connectivity index (χ1n) is 7.29. The summed E-state index contributed by atoms with van der Waals surface area (Å²) in [5.74, 6) is -0.209. The Hall–Kier alpha value is -0.930. The van der Waals surface area contributed by atoms with Crippen LogP contribution in [0, 0.1) is 5.82 Å². The summed E-state index contributed by atoms with van der Waals surface area (Å²) in [6.45, 7) is 8.52. The highest BCUT2D eigenvalue weighted by Crippen LogP contribution is 2.15. The van der Waals surface area contributed by atoms with Crippen molar-refractivity contribution in [3.05, 3.63) is 35.6 Å². The Kier molecular flexibility index (Phi) is 7.03. The van der Waals surface area contributed by atoms with Crippen LogP contribution in [0.2, 0.25) is 0 Å². The molecule has 2 nitrogen and oxygen atoms in total. The second-order valence-corrected chi connectivity index (χ2v) is 5.45.